The Morgan fingerprint density at radius 1 is 0.769 bits per heavy atom. The summed E-state index contributed by atoms with van der Waals surface area (Å²) in [5.41, 5.74) is 3.03. The summed E-state index contributed by atoms with van der Waals surface area (Å²) >= 11 is 0. The molecule has 39 heavy (non-hydrogen) atoms. The molecule has 2 N–H and O–H groups in total. The van der Waals surface area contributed by atoms with E-state index in [9.17, 15) is 13.2 Å². The number of carbonyl (C=O) groups excluding carboxylic acids is 1. The van der Waals surface area contributed by atoms with E-state index in [1.165, 1.54) is 24.8 Å². The molecule has 1 heterocycles. The van der Waals surface area contributed by atoms with Crippen molar-refractivity contribution in [2.45, 2.75) is 49.7 Å². The van der Waals surface area contributed by atoms with Gasteiger partial charge >= 0.3 is 0 Å². The summed E-state index contributed by atoms with van der Waals surface area (Å²) in [6.45, 7) is 3.67. The number of nitrogens with one attached hydrogen (secondary N) is 2. The molecule has 0 aliphatic carbocycles. The molecule has 1 aliphatic rings. The van der Waals surface area contributed by atoms with E-state index in [1.807, 2.05) is 54.6 Å². The van der Waals surface area contributed by atoms with Gasteiger partial charge in [0.15, 0.2) is 0 Å². The van der Waals surface area contributed by atoms with E-state index in [0.717, 1.165) is 41.5 Å². The summed E-state index contributed by atoms with van der Waals surface area (Å²) in [5.74, 6) is -0.220. The number of sulfonamides is 1. The van der Waals surface area contributed by atoms with Gasteiger partial charge in [0.1, 0.15) is 0 Å². The molecule has 6 nitrogen and oxygen atoms in total. The zero-order valence-electron chi connectivity index (χ0n) is 22.1. The Morgan fingerprint density at radius 2 is 1.44 bits per heavy atom. The van der Waals surface area contributed by atoms with E-state index >= 15 is 0 Å². The molecule has 4 aromatic rings. The molecule has 1 atom stereocenters. The number of piperidine rings is 1. The molecule has 1 aliphatic heterocycles. The molecule has 0 unspecified atom stereocenters. The van der Waals surface area contributed by atoms with Crippen LogP contribution in [0.1, 0.15) is 48.4 Å². The lowest BCUT2D eigenvalue weighted by Crippen LogP contribution is -2.33. The van der Waals surface area contributed by atoms with E-state index in [4.69, 9.17) is 0 Å². The van der Waals surface area contributed by atoms with Gasteiger partial charge < -0.3 is 5.32 Å². The Balaban J connectivity index is 1.23. The van der Waals surface area contributed by atoms with E-state index in [-0.39, 0.29) is 17.2 Å². The lowest BCUT2D eigenvalue weighted by atomic mass is 10.0. The maximum atomic E-state index is 13.3. The minimum Gasteiger partial charge on any atom is -0.352 e. The van der Waals surface area contributed by atoms with Gasteiger partial charge in [-0.3, -0.25) is 9.69 Å². The van der Waals surface area contributed by atoms with E-state index in [2.05, 4.69) is 39.2 Å². The predicted molar refractivity (Wildman–Crippen MR) is 155 cm³/mol. The number of carbonyl (C=O) groups is 1. The lowest BCUT2D eigenvalue weighted by molar-refractivity contribution is -0.121. The highest BCUT2D eigenvalue weighted by atomic mass is 32.2. The Labute approximate surface area is 231 Å². The van der Waals surface area contributed by atoms with Gasteiger partial charge in [0.2, 0.25) is 15.9 Å². The van der Waals surface area contributed by atoms with Crippen LogP contribution in [-0.4, -0.2) is 32.3 Å². The maximum absolute atomic E-state index is 13.3. The second kappa shape index (κ2) is 12.6. The van der Waals surface area contributed by atoms with Crippen LogP contribution in [0.2, 0.25) is 0 Å². The molecule has 0 bridgehead atoms. The SMILES string of the molecule is O=C(C[C@H](NS(=O)(=O)c1ccc2ccccc2c1)c1ccccc1)NCc1ccc(CN2CCCCC2)cc1. The van der Waals surface area contributed by atoms with Gasteiger partial charge in [-0.15, -0.1) is 0 Å². The average molecular weight is 542 g/mol. The molecule has 202 valence electrons. The third-order valence-electron chi connectivity index (χ3n) is 7.29. The fourth-order valence-electron chi connectivity index (χ4n) is 5.10. The first-order valence-electron chi connectivity index (χ1n) is 13.6. The molecule has 0 saturated carbocycles. The minimum absolute atomic E-state index is 0.0101. The molecule has 7 heteroatoms. The highest BCUT2D eigenvalue weighted by Crippen LogP contribution is 2.23. The third kappa shape index (κ3) is 7.32. The molecule has 0 aromatic heterocycles. The average Bonchev–Trinajstić information content (AvgIpc) is 2.97. The number of amides is 1. The van der Waals surface area contributed by atoms with E-state index < -0.39 is 16.1 Å². The summed E-state index contributed by atoms with van der Waals surface area (Å²) in [4.78, 5) is 15.6. The van der Waals surface area contributed by atoms with Gasteiger partial charge in [-0.1, -0.05) is 91.3 Å². The van der Waals surface area contributed by atoms with Crippen molar-refractivity contribution in [2.24, 2.45) is 0 Å². The molecule has 4 aromatic carbocycles. The first-order chi connectivity index (χ1) is 19.0. The topological polar surface area (TPSA) is 78.5 Å². The van der Waals surface area contributed by atoms with Crippen LogP contribution in [0.25, 0.3) is 10.8 Å². The van der Waals surface area contributed by atoms with Crippen molar-refractivity contribution in [3.8, 4) is 0 Å². The molecule has 1 fully saturated rings. The zero-order valence-corrected chi connectivity index (χ0v) is 22.9. The quantitative estimate of drug-likeness (QED) is 0.276. The third-order valence-corrected chi connectivity index (χ3v) is 8.76. The van der Waals surface area contributed by atoms with Crippen molar-refractivity contribution in [1.29, 1.82) is 0 Å². The lowest BCUT2D eigenvalue weighted by Gasteiger charge is -2.26. The summed E-state index contributed by atoms with van der Waals surface area (Å²) in [6, 6.07) is 29.6. The monoisotopic (exact) mass is 541 g/mol. The molecule has 1 saturated heterocycles. The Hall–Kier alpha value is -3.52. The molecule has 0 spiro atoms. The number of rotatable bonds is 10. The van der Waals surface area contributed by atoms with Crippen molar-refractivity contribution in [1.82, 2.24) is 14.9 Å². The molecular formula is C32H35N3O3S. The second-order valence-electron chi connectivity index (χ2n) is 10.2. The van der Waals surface area contributed by atoms with Crippen LogP contribution < -0.4 is 10.0 Å². The van der Waals surface area contributed by atoms with Crippen LogP contribution in [0.3, 0.4) is 0 Å². The first-order valence-corrected chi connectivity index (χ1v) is 15.1. The number of benzene rings is 4. The van der Waals surface area contributed by atoms with Crippen molar-refractivity contribution in [3.05, 3.63) is 114 Å². The van der Waals surface area contributed by atoms with Gasteiger partial charge in [0.05, 0.1) is 10.9 Å². The summed E-state index contributed by atoms with van der Waals surface area (Å²) in [6.07, 6.45) is 3.86. The minimum atomic E-state index is -3.86. The highest BCUT2D eigenvalue weighted by Gasteiger charge is 2.24. The van der Waals surface area contributed by atoms with E-state index in [1.54, 1.807) is 18.2 Å². The first kappa shape index (κ1) is 27.1. The van der Waals surface area contributed by atoms with Gasteiger partial charge in [0, 0.05) is 19.5 Å². The second-order valence-corrected chi connectivity index (χ2v) is 11.9. The van der Waals surface area contributed by atoms with Crippen molar-refractivity contribution < 1.29 is 13.2 Å². The van der Waals surface area contributed by atoms with Crippen LogP contribution in [0.5, 0.6) is 0 Å². The predicted octanol–water partition coefficient (Wildman–Crippen LogP) is 5.55. The molecule has 5 rings (SSSR count). The molecule has 0 radical (unpaired) electrons. The number of fused-ring (bicyclic) bond motifs is 1. The summed E-state index contributed by atoms with van der Waals surface area (Å²) in [7, 11) is -3.86. The number of likely N-dealkylation sites (tertiary alicyclic amines) is 1. The molecular weight excluding hydrogens is 506 g/mol. The van der Waals surface area contributed by atoms with Gasteiger partial charge in [0.25, 0.3) is 0 Å². The summed E-state index contributed by atoms with van der Waals surface area (Å²) < 4.78 is 29.5. The normalized spacial score (nSPS) is 15.2. The van der Waals surface area contributed by atoms with Crippen LogP contribution >= 0.6 is 0 Å². The largest absolute Gasteiger partial charge is 0.352 e. The van der Waals surface area contributed by atoms with E-state index in [0.29, 0.717) is 6.54 Å². The maximum Gasteiger partial charge on any atom is 0.241 e. The van der Waals surface area contributed by atoms with Gasteiger partial charge in [-0.05, 0) is 65.5 Å². The van der Waals surface area contributed by atoms with Gasteiger partial charge in [-0.25, -0.2) is 13.1 Å². The fraction of sp³-hybridized carbons (Fsp3) is 0.281. The van der Waals surface area contributed by atoms with Crippen LogP contribution in [0.15, 0.2) is 102 Å². The number of hydrogen-bond donors (Lipinski definition) is 2. The van der Waals surface area contributed by atoms with Gasteiger partial charge in [-0.2, -0.15) is 0 Å². The van der Waals surface area contributed by atoms with Crippen LogP contribution in [0, 0.1) is 0 Å². The Kier molecular flexibility index (Phi) is 8.71. The van der Waals surface area contributed by atoms with Crippen LogP contribution in [-0.2, 0) is 27.9 Å². The Bertz CT molecular complexity index is 1500. The standard InChI is InChI=1S/C32H35N3O3S/c36-32(33-23-25-13-15-26(16-14-25)24-35-19-7-2-8-20-35)22-31(28-10-3-1-4-11-28)34-39(37,38)30-18-17-27-9-5-6-12-29(27)21-30/h1,3-6,9-18,21,31,34H,2,7-8,19-20,22-24H2,(H,33,36)/t31-/m0/s1. The van der Waals surface area contributed by atoms with Crippen LogP contribution in [0.4, 0.5) is 0 Å². The fourth-order valence-corrected chi connectivity index (χ4v) is 6.36. The number of nitrogens with zero attached hydrogens (tertiary/aromatic N) is 1. The number of hydrogen-bond acceptors (Lipinski definition) is 4. The Morgan fingerprint density at radius 3 is 2.18 bits per heavy atom. The highest BCUT2D eigenvalue weighted by molar-refractivity contribution is 7.89. The summed E-state index contributed by atoms with van der Waals surface area (Å²) in [5, 5.41) is 4.78. The van der Waals surface area contributed by atoms with Crippen molar-refractivity contribution in [3.63, 3.8) is 0 Å². The molecule has 1 amide bonds. The smallest absolute Gasteiger partial charge is 0.241 e. The zero-order chi connectivity index (χ0) is 27.1. The van der Waals surface area contributed by atoms with Crippen molar-refractivity contribution in [2.75, 3.05) is 13.1 Å². The van der Waals surface area contributed by atoms with Crippen molar-refractivity contribution >= 4 is 26.7 Å².